The molecule has 1 saturated carbocycles. The van der Waals surface area contributed by atoms with Crippen molar-refractivity contribution in [2.24, 2.45) is 5.92 Å². The van der Waals surface area contributed by atoms with E-state index in [1.807, 2.05) is 0 Å². The highest BCUT2D eigenvalue weighted by atomic mass is 35.5. The Balaban J connectivity index is 1.51. The Labute approximate surface area is 207 Å². The van der Waals surface area contributed by atoms with Crippen LogP contribution in [0.15, 0.2) is 54.6 Å². The summed E-state index contributed by atoms with van der Waals surface area (Å²) in [4.78, 5) is 25.5. The lowest BCUT2D eigenvalue weighted by Gasteiger charge is -2.11. The first-order chi connectivity index (χ1) is 16.0. The van der Waals surface area contributed by atoms with Crippen molar-refractivity contribution in [1.82, 2.24) is 0 Å². The first-order valence-corrected chi connectivity index (χ1v) is 10.9. The van der Waals surface area contributed by atoms with Crippen molar-refractivity contribution in [2.45, 2.75) is 10.3 Å². The molecule has 2 atom stereocenters. The van der Waals surface area contributed by atoms with Crippen molar-refractivity contribution in [3.63, 3.8) is 0 Å². The largest absolute Gasteiger partial charge is 0.394 e. The lowest BCUT2D eigenvalue weighted by atomic mass is 10.1. The second-order valence-corrected chi connectivity index (χ2v) is 9.49. The predicted octanol–water partition coefficient (Wildman–Crippen LogP) is 6.12. The van der Waals surface area contributed by atoms with E-state index in [2.05, 4.69) is 10.6 Å². The van der Waals surface area contributed by atoms with Crippen LogP contribution < -0.4 is 16.4 Å². The van der Waals surface area contributed by atoms with Crippen molar-refractivity contribution in [3.8, 4) is 0 Å². The van der Waals surface area contributed by atoms with E-state index in [1.165, 1.54) is 42.5 Å². The van der Waals surface area contributed by atoms with Gasteiger partial charge < -0.3 is 16.4 Å². The fourth-order valence-corrected chi connectivity index (χ4v) is 4.62. The molecule has 0 aliphatic heterocycles. The highest BCUT2D eigenvalue weighted by Crippen LogP contribution is 2.65. The van der Waals surface area contributed by atoms with Gasteiger partial charge >= 0.3 is 0 Å². The van der Waals surface area contributed by atoms with Gasteiger partial charge in [0.25, 0.3) is 5.91 Å². The summed E-state index contributed by atoms with van der Waals surface area (Å²) in [5.41, 5.74) is 4.94. The topological polar surface area (TPSA) is 84.2 Å². The molecule has 3 aromatic rings. The molecule has 1 fully saturated rings. The molecule has 0 unspecified atom stereocenters. The molecule has 5 nitrogen and oxygen atoms in total. The lowest BCUT2D eigenvalue weighted by Crippen LogP contribution is -2.18. The minimum absolute atomic E-state index is 0.0191. The molecule has 176 valence electrons. The van der Waals surface area contributed by atoms with Gasteiger partial charge in [0.15, 0.2) is 5.82 Å². The van der Waals surface area contributed by atoms with E-state index < -0.39 is 51.1 Å². The first kappa shape index (κ1) is 24.2. The monoisotopic (exact) mass is 527 g/mol. The number of hydrogen-bond donors (Lipinski definition) is 3. The average molecular weight is 529 g/mol. The van der Waals surface area contributed by atoms with E-state index in [0.29, 0.717) is 5.56 Å². The molecule has 0 radical (unpaired) electrons. The number of nitrogen functional groups attached to an aromatic ring is 1. The van der Waals surface area contributed by atoms with Crippen LogP contribution in [-0.4, -0.2) is 16.1 Å². The summed E-state index contributed by atoms with van der Waals surface area (Å²) in [5.74, 6) is -5.25. The maximum Gasteiger partial charge on any atom is 0.257 e. The van der Waals surface area contributed by atoms with Crippen LogP contribution in [0.1, 0.15) is 21.8 Å². The van der Waals surface area contributed by atoms with Gasteiger partial charge in [0.1, 0.15) is 21.7 Å². The van der Waals surface area contributed by atoms with Crippen molar-refractivity contribution in [2.75, 3.05) is 16.4 Å². The number of hydrogen-bond acceptors (Lipinski definition) is 3. The number of alkyl halides is 2. The molecular weight excluding hydrogens is 514 g/mol. The Morgan fingerprint density at radius 1 is 0.941 bits per heavy atom. The second kappa shape index (κ2) is 9.02. The van der Waals surface area contributed by atoms with Crippen LogP contribution in [0.2, 0.25) is 5.02 Å². The van der Waals surface area contributed by atoms with Crippen LogP contribution in [0, 0.1) is 23.4 Å². The zero-order chi connectivity index (χ0) is 24.8. The van der Waals surface area contributed by atoms with Gasteiger partial charge in [-0.15, -0.1) is 23.2 Å². The number of rotatable bonds is 5. The Hall–Kier alpha value is -2.94. The maximum atomic E-state index is 14.1. The molecule has 4 N–H and O–H groups in total. The third-order valence-electron chi connectivity index (χ3n) is 5.42. The molecular formula is C23H15Cl3F3N3O2. The van der Waals surface area contributed by atoms with E-state index in [4.69, 9.17) is 40.5 Å². The van der Waals surface area contributed by atoms with Crippen LogP contribution in [0.3, 0.4) is 0 Å². The lowest BCUT2D eigenvalue weighted by molar-refractivity contribution is -0.117. The molecule has 0 bridgehead atoms. The third-order valence-corrected chi connectivity index (χ3v) is 6.69. The predicted molar refractivity (Wildman–Crippen MR) is 126 cm³/mol. The highest BCUT2D eigenvalue weighted by Gasteiger charge is 2.67. The minimum atomic E-state index is -1.39. The molecule has 0 aromatic heterocycles. The average Bonchev–Trinajstić information content (AvgIpc) is 3.37. The van der Waals surface area contributed by atoms with E-state index in [1.54, 1.807) is 0 Å². The molecule has 0 saturated heterocycles. The van der Waals surface area contributed by atoms with E-state index in [-0.39, 0.29) is 22.0 Å². The number of nitrogens with two attached hydrogens (primary N) is 1. The summed E-state index contributed by atoms with van der Waals surface area (Å²) in [6.07, 6.45) is 0. The SMILES string of the molecule is Nc1c(F)ccc(NC(=O)c2cc(NC(=O)[C@H]3[C@H](c4ccc(F)cc4)C3(Cl)Cl)ccc2Cl)c1F. The van der Waals surface area contributed by atoms with Gasteiger partial charge in [0.2, 0.25) is 5.91 Å². The van der Waals surface area contributed by atoms with Crippen molar-refractivity contribution in [3.05, 3.63) is 88.2 Å². The molecule has 0 spiro atoms. The number of benzene rings is 3. The number of nitrogens with one attached hydrogen (secondary N) is 2. The molecule has 4 rings (SSSR count). The second-order valence-electron chi connectivity index (χ2n) is 7.64. The maximum absolute atomic E-state index is 14.1. The molecule has 2 amide bonds. The fraction of sp³-hybridized carbons (Fsp3) is 0.130. The fourth-order valence-electron chi connectivity index (χ4n) is 3.59. The van der Waals surface area contributed by atoms with Crippen LogP contribution >= 0.6 is 34.8 Å². The van der Waals surface area contributed by atoms with Gasteiger partial charge in [0, 0.05) is 11.6 Å². The van der Waals surface area contributed by atoms with E-state index >= 15 is 0 Å². The normalized spacial score (nSPS) is 18.3. The Kier molecular flexibility index (Phi) is 6.42. The highest BCUT2D eigenvalue weighted by molar-refractivity contribution is 6.53. The van der Waals surface area contributed by atoms with Gasteiger partial charge in [-0.3, -0.25) is 9.59 Å². The van der Waals surface area contributed by atoms with Crippen LogP contribution in [-0.2, 0) is 4.79 Å². The quantitative estimate of drug-likeness (QED) is 0.276. The van der Waals surface area contributed by atoms with Crippen LogP contribution in [0.5, 0.6) is 0 Å². The van der Waals surface area contributed by atoms with E-state index in [0.717, 1.165) is 12.1 Å². The molecule has 3 aromatic carbocycles. The molecule has 11 heteroatoms. The molecule has 0 heterocycles. The zero-order valence-corrected chi connectivity index (χ0v) is 19.3. The molecule has 1 aliphatic carbocycles. The summed E-state index contributed by atoms with van der Waals surface area (Å²) < 4.78 is 39.3. The summed E-state index contributed by atoms with van der Waals surface area (Å²) in [6, 6.07) is 11.5. The number of carbonyl (C=O) groups is 2. The van der Waals surface area contributed by atoms with Crippen LogP contribution in [0.4, 0.5) is 30.2 Å². The van der Waals surface area contributed by atoms with Gasteiger partial charge in [0.05, 0.1) is 22.2 Å². The van der Waals surface area contributed by atoms with E-state index in [9.17, 15) is 22.8 Å². The zero-order valence-electron chi connectivity index (χ0n) is 17.0. The van der Waals surface area contributed by atoms with Crippen molar-refractivity contribution < 1.29 is 22.8 Å². The Morgan fingerprint density at radius 3 is 2.29 bits per heavy atom. The summed E-state index contributed by atoms with van der Waals surface area (Å²) in [7, 11) is 0. The van der Waals surface area contributed by atoms with Crippen molar-refractivity contribution in [1.29, 1.82) is 0 Å². The smallest absolute Gasteiger partial charge is 0.257 e. The third kappa shape index (κ3) is 4.53. The van der Waals surface area contributed by atoms with Crippen molar-refractivity contribution >= 4 is 63.7 Å². The Bertz CT molecular complexity index is 1300. The van der Waals surface area contributed by atoms with Crippen LogP contribution in [0.25, 0.3) is 0 Å². The minimum Gasteiger partial charge on any atom is -0.394 e. The Morgan fingerprint density at radius 2 is 1.62 bits per heavy atom. The number of amides is 2. The summed E-state index contributed by atoms with van der Waals surface area (Å²) in [5, 5.41) is 4.91. The van der Waals surface area contributed by atoms with Gasteiger partial charge in [-0.25, -0.2) is 13.2 Å². The standard InChI is InChI=1S/C23H15Cl3F3N3O2/c24-14-6-5-12(9-13(14)21(33)32-16-8-7-15(28)20(30)19(16)29)31-22(34)18-17(23(18,25)26)10-1-3-11(27)4-2-10/h1-9,17-18H,30H2,(H,31,34)(H,32,33)/t17-,18+/m0/s1. The number of halogens is 6. The van der Waals surface area contributed by atoms with Gasteiger partial charge in [-0.05, 0) is 48.0 Å². The summed E-state index contributed by atoms with van der Waals surface area (Å²) in [6.45, 7) is 0. The van der Waals surface area contributed by atoms with Gasteiger partial charge in [-0.2, -0.15) is 0 Å². The summed E-state index contributed by atoms with van der Waals surface area (Å²) >= 11 is 18.7. The van der Waals surface area contributed by atoms with Gasteiger partial charge in [-0.1, -0.05) is 23.7 Å². The number of carbonyl (C=O) groups excluding carboxylic acids is 2. The first-order valence-electron chi connectivity index (χ1n) is 9.79. The molecule has 1 aliphatic rings. The molecule has 34 heavy (non-hydrogen) atoms. The number of anilines is 3.